The number of aliphatic carboxylic acids is 3. The molecule has 0 bridgehead atoms. The topological polar surface area (TPSA) is 412 Å². The number of benzene rings is 1. The quantitative estimate of drug-likeness (QED) is 0.0368. The predicted molar refractivity (Wildman–Crippen MR) is 350 cm³/mol. The van der Waals surface area contributed by atoms with Crippen LogP contribution in [0, 0.1) is 17.8 Å². The maximum atomic E-state index is 14.9. The van der Waals surface area contributed by atoms with Crippen LogP contribution in [-0.4, -0.2) is 195 Å². The van der Waals surface area contributed by atoms with Crippen LogP contribution in [0.2, 0.25) is 0 Å². The SMILES string of the molecule is CCCCCNC(=O)C(C(C)C)N(CCCC(=O)O)C(=O)CCCC(=O)N(CCCCCC(=O)N(CCC)C(C(=O)NCCCCCC(=O)O)C(C)C)C(Cc1ccccc1)C(=O)NCCC(=O)N(CCCC(=O)O)C(C(=O)NCCCCC)C(C)C.O=C=O.O=C=O.O=C=O. The molecule has 0 aliphatic carbocycles. The molecule has 8 amide bonds. The van der Waals surface area contributed by atoms with Gasteiger partial charge in [-0.05, 0) is 87.5 Å². The largest absolute Gasteiger partial charge is 0.481 e. The van der Waals surface area contributed by atoms with Gasteiger partial charge in [0.25, 0.3) is 0 Å². The molecule has 96 heavy (non-hydrogen) atoms. The molecule has 0 spiro atoms. The van der Waals surface area contributed by atoms with E-state index in [0.717, 1.165) is 44.1 Å². The fraction of sp³-hybridized carbons (Fsp3) is 0.706. The molecule has 1 rings (SSSR count). The smallest absolute Gasteiger partial charge is 0.373 e. The summed E-state index contributed by atoms with van der Waals surface area (Å²) in [6.45, 7) is 18.4. The number of amides is 8. The van der Waals surface area contributed by atoms with Gasteiger partial charge in [0.15, 0.2) is 0 Å². The van der Waals surface area contributed by atoms with E-state index in [-0.39, 0.29) is 157 Å². The second-order valence-corrected chi connectivity index (χ2v) is 24.1. The van der Waals surface area contributed by atoms with Gasteiger partial charge in [-0.15, -0.1) is 0 Å². The van der Waals surface area contributed by atoms with Crippen LogP contribution in [-0.2, 0) is 87.9 Å². The van der Waals surface area contributed by atoms with Crippen molar-refractivity contribution in [1.82, 2.24) is 40.9 Å². The number of hydrogen-bond acceptors (Lipinski definition) is 17. The van der Waals surface area contributed by atoms with Crippen LogP contribution in [0.15, 0.2) is 30.3 Å². The number of carbonyl (C=O) groups is 11. The van der Waals surface area contributed by atoms with Crippen molar-refractivity contribution in [3.8, 4) is 0 Å². The van der Waals surface area contributed by atoms with Gasteiger partial charge in [0.05, 0.1) is 0 Å². The third kappa shape index (κ3) is 42.8. The lowest BCUT2D eigenvalue weighted by atomic mass is 9.99. The fourth-order valence-electron chi connectivity index (χ4n) is 10.7. The molecule has 0 fully saturated rings. The third-order valence-electron chi connectivity index (χ3n) is 15.2. The van der Waals surface area contributed by atoms with Crippen LogP contribution in [0.1, 0.15) is 216 Å². The van der Waals surface area contributed by atoms with E-state index >= 15 is 0 Å². The van der Waals surface area contributed by atoms with Crippen molar-refractivity contribution in [2.75, 3.05) is 52.4 Å². The van der Waals surface area contributed by atoms with Crippen molar-refractivity contribution >= 4 is 83.6 Å². The molecule has 0 aromatic heterocycles. The number of nitrogens with zero attached hydrogens (tertiary/aromatic N) is 4. The molecule has 0 saturated carbocycles. The van der Waals surface area contributed by atoms with Crippen LogP contribution in [0.4, 0.5) is 0 Å². The first kappa shape index (κ1) is 91.7. The molecule has 0 saturated heterocycles. The Labute approximate surface area is 565 Å². The van der Waals surface area contributed by atoms with Gasteiger partial charge in [-0.2, -0.15) is 28.8 Å². The lowest BCUT2D eigenvalue weighted by molar-refractivity contribution is -0.193. The second-order valence-electron chi connectivity index (χ2n) is 24.1. The number of nitrogens with one attached hydrogen (secondary N) is 4. The lowest BCUT2D eigenvalue weighted by Crippen LogP contribution is -2.54. The minimum absolute atomic E-state index is 0.00430. The highest BCUT2D eigenvalue weighted by atomic mass is 16.4. The van der Waals surface area contributed by atoms with E-state index in [9.17, 15) is 63.0 Å². The number of carbonyl (C=O) groups excluding carboxylic acids is 14. The average Bonchev–Trinajstić information content (AvgIpc) is 0.886. The van der Waals surface area contributed by atoms with Gasteiger partial charge in [0.2, 0.25) is 47.3 Å². The standard InChI is InChI=1S/C65H110N8O14.3CO2/c1-10-13-22-38-66-64(86)60(48(6)7)72(44-27-35-57(80)81)54(76)33-26-32-52(74)70(43-25-17-20-31-53(75)71(42-12-3)59(47(4)5)63(85)68-40-24-16-21-34-56(78)79)51(46-50-29-18-15-19-30-50)62(84)69-41-37-55(77)73(45-28-36-58(82)83)61(49(8)9)65(87)67-39-23-14-11-2;3*2-1-3/h15,18-19,29-30,47-49,51,59-61H,10-14,16-17,20-28,31-46H2,1-9H3,(H,66,86)(H,67,87)(H,68,85)(H,69,84)(H,78,79)(H,80,81)(H,82,83);;;. The van der Waals surface area contributed by atoms with Gasteiger partial charge in [-0.3, -0.25) is 52.7 Å². The Bertz CT molecular complexity index is 2520. The van der Waals surface area contributed by atoms with E-state index in [1.807, 2.05) is 80.5 Å². The predicted octanol–water partition coefficient (Wildman–Crippen LogP) is 5.99. The van der Waals surface area contributed by atoms with Crippen LogP contribution < -0.4 is 21.3 Å². The first-order valence-electron chi connectivity index (χ1n) is 33.6. The van der Waals surface area contributed by atoms with E-state index in [1.54, 1.807) is 17.0 Å². The highest BCUT2D eigenvalue weighted by Crippen LogP contribution is 2.21. The number of rotatable bonds is 50. The highest BCUT2D eigenvalue weighted by Gasteiger charge is 2.36. The van der Waals surface area contributed by atoms with Crippen molar-refractivity contribution in [1.29, 1.82) is 0 Å². The molecule has 0 aliphatic rings. The van der Waals surface area contributed by atoms with Crippen molar-refractivity contribution < 1.29 is 96.8 Å². The molecule has 7 N–H and O–H groups in total. The summed E-state index contributed by atoms with van der Waals surface area (Å²) in [6, 6.07) is 5.41. The van der Waals surface area contributed by atoms with Crippen LogP contribution in [0.5, 0.6) is 0 Å². The van der Waals surface area contributed by atoms with Gasteiger partial charge in [0, 0.05) is 104 Å². The molecule has 28 heteroatoms. The lowest BCUT2D eigenvalue weighted by Gasteiger charge is -2.34. The zero-order valence-corrected chi connectivity index (χ0v) is 58.1. The number of unbranched alkanes of at least 4 members (excludes halogenated alkanes) is 8. The van der Waals surface area contributed by atoms with E-state index < -0.39 is 65.7 Å². The van der Waals surface area contributed by atoms with Crippen molar-refractivity contribution in [3.05, 3.63) is 35.9 Å². The van der Waals surface area contributed by atoms with Crippen molar-refractivity contribution in [3.63, 3.8) is 0 Å². The van der Waals surface area contributed by atoms with Gasteiger partial charge in [-0.1, -0.05) is 131 Å². The summed E-state index contributed by atoms with van der Waals surface area (Å²) in [5.74, 6) is -6.95. The Balaban J connectivity index is -0.00000905. The average molecular weight is 1360 g/mol. The number of hydrogen-bond donors (Lipinski definition) is 7. The molecule has 0 heterocycles. The maximum Gasteiger partial charge on any atom is 0.373 e. The Hall–Kier alpha value is -8.47. The second kappa shape index (κ2) is 57.9. The van der Waals surface area contributed by atoms with Crippen LogP contribution in [0.3, 0.4) is 0 Å². The summed E-state index contributed by atoms with van der Waals surface area (Å²) in [5.41, 5.74) is 0.726. The highest BCUT2D eigenvalue weighted by molar-refractivity contribution is 5.91. The molecule has 4 unspecified atom stereocenters. The van der Waals surface area contributed by atoms with E-state index in [4.69, 9.17) is 33.9 Å². The van der Waals surface area contributed by atoms with Gasteiger partial charge in [0.1, 0.15) is 24.2 Å². The summed E-state index contributed by atoms with van der Waals surface area (Å²) < 4.78 is 0. The molecular weight excluding hydrogens is 1250 g/mol. The zero-order chi connectivity index (χ0) is 73.4. The first-order chi connectivity index (χ1) is 45.7. The number of carboxylic acid groups (broad SMARTS) is 3. The molecule has 1 aromatic rings. The van der Waals surface area contributed by atoms with Crippen LogP contribution in [0.25, 0.3) is 0 Å². The van der Waals surface area contributed by atoms with Crippen molar-refractivity contribution in [2.24, 2.45) is 17.8 Å². The van der Waals surface area contributed by atoms with Crippen molar-refractivity contribution in [2.45, 2.75) is 241 Å². The Morgan fingerprint density at radius 2 is 0.677 bits per heavy atom. The summed E-state index contributed by atoms with van der Waals surface area (Å²) in [7, 11) is 0. The third-order valence-corrected chi connectivity index (χ3v) is 15.2. The maximum absolute atomic E-state index is 14.9. The molecule has 4 atom stereocenters. The summed E-state index contributed by atoms with van der Waals surface area (Å²) in [4.78, 5) is 202. The van der Waals surface area contributed by atoms with E-state index in [2.05, 4.69) is 21.3 Å². The van der Waals surface area contributed by atoms with Crippen LogP contribution >= 0.6 is 0 Å². The Morgan fingerprint density at radius 3 is 1.06 bits per heavy atom. The number of carboxylic acids is 3. The normalized spacial score (nSPS) is 11.7. The van der Waals surface area contributed by atoms with Gasteiger partial charge in [-0.25, -0.2) is 0 Å². The minimum atomic E-state index is -1.13. The zero-order valence-electron chi connectivity index (χ0n) is 58.1. The summed E-state index contributed by atoms with van der Waals surface area (Å²) >= 11 is 0. The summed E-state index contributed by atoms with van der Waals surface area (Å²) in [6.07, 6.45) is 8.86. The fourth-order valence-corrected chi connectivity index (χ4v) is 10.7. The van der Waals surface area contributed by atoms with E-state index in [1.165, 1.54) is 14.7 Å². The molecule has 542 valence electrons. The van der Waals surface area contributed by atoms with Gasteiger partial charge >= 0.3 is 36.4 Å². The Morgan fingerprint density at radius 1 is 0.354 bits per heavy atom. The minimum Gasteiger partial charge on any atom is -0.481 e. The molecule has 0 radical (unpaired) electrons. The first-order valence-corrected chi connectivity index (χ1v) is 33.6. The monoisotopic (exact) mass is 1360 g/mol. The molecule has 0 aliphatic heterocycles. The molecule has 28 nitrogen and oxygen atoms in total. The summed E-state index contributed by atoms with van der Waals surface area (Å²) in [5, 5.41) is 39.6. The van der Waals surface area contributed by atoms with Gasteiger partial charge < -0.3 is 56.2 Å². The molecular formula is C68H110N8O20. The molecule has 1 aromatic carbocycles. The Kier molecular flexibility index (Phi) is 55.4. The van der Waals surface area contributed by atoms with E-state index in [0.29, 0.717) is 71.1 Å².